The normalized spacial score (nSPS) is 28.3. The van der Waals surface area contributed by atoms with Crippen molar-refractivity contribution in [2.24, 2.45) is 0 Å². The smallest absolute Gasteiger partial charge is 0.306 e. The average molecular weight is 384 g/mol. The maximum absolute atomic E-state index is 12.2. The molecule has 0 saturated carbocycles. The van der Waals surface area contributed by atoms with Crippen LogP contribution >= 0.6 is 0 Å². The van der Waals surface area contributed by atoms with Crippen LogP contribution in [0.1, 0.15) is 96.8 Å². The zero-order valence-electron chi connectivity index (χ0n) is 17.3. The molecule has 0 spiro atoms. The van der Waals surface area contributed by atoms with Gasteiger partial charge in [-0.15, -0.1) is 0 Å². The number of rotatable bonds is 13. The van der Waals surface area contributed by atoms with E-state index in [-0.39, 0.29) is 18.1 Å². The number of ether oxygens (including phenoxy) is 1. The van der Waals surface area contributed by atoms with Crippen LogP contribution in [0, 0.1) is 0 Å². The van der Waals surface area contributed by atoms with E-state index in [9.17, 15) is 15.0 Å². The number of aliphatic hydroxyl groups excluding tert-OH is 2. The van der Waals surface area contributed by atoms with E-state index in [4.69, 9.17) is 4.74 Å². The molecule has 0 bridgehead atoms. The highest BCUT2D eigenvalue weighted by Crippen LogP contribution is 2.30. The van der Waals surface area contributed by atoms with Gasteiger partial charge in [0.25, 0.3) is 0 Å². The Morgan fingerprint density at radius 1 is 0.963 bits per heavy atom. The van der Waals surface area contributed by atoms with E-state index in [1.54, 1.807) is 0 Å². The van der Waals surface area contributed by atoms with Gasteiger partial charge in [-0.05, 0) is 25.8 Å². The van der Waals surface area contributed by atoms with Gasteiger partial charge in [0.2, 0.25) is 0 Å². The Morgan fingerprint density at radius 3 is 2.19 bits per heavy atom. The number of piperidine rings is 1. The Bertz CT molecular complexity index is 417. The molecule has 0 unspecified atom stereocenters. The Hall–Kier alpha value is -0.650. The molecule has 4 atom stereocenters. The highest BCUT2D eigenvalue weighted by molar-refractivity contribution is 5.69. The Kier molecular flexibility index (Phi) is 10.7. The van der Waals surface area contributed by atoms with Crippen molar-refractivity contribution in [3.8, 4) is 0 Å². The van der Waals surface area contributed by atoms with E-state index in [1.807, 2.05) is 0 Å². The van der Waals surface area contributed by atoms with Crippen LogP contribution in [0.2, 0.25) is 0 Å². The molecule has 0 amide bonds. The zero-order valence-corrected chi connectivity index (χ0v) is 17.3. The number of esters is 1. The van der Waals surface area contributed by atoms with Crippen molar-refractivity contribution in [2.45, 2.75) is 121 Å². The maximum Gasteiger partial charge on any atom is 0.306 e. The van der Waals surface area contributed by atoms with Crippen LogP contribution in [0.4, 0.5) is 0 Å². The zero-order chi connectivity index (χ0) is 19.5. The third-order valence-electron chi connectivity index (χ3n) is 6.17. The van der Waals surface area contributed by atoms with E-state index in [0.717, 1.165) is 32.2 Å². The first-order chi connectivity index (χ1) is 13.1. The lowest BCUT2D eigenvalue weighted by molar-refractivity contribution is -0.157. The molecule has 2 N–H and O–H groups in total. The third-order valence-corrected chi connectivity index (χ3v) is 6.17. The van der Waals surface area contributed by atoms with Gasteiger partial charge in [0, 0.05) is 13.0 Å². The molecule has 2 rings (SSSR count). The van der Waals surface area contributed by atoms with Gasteiger partial charge in [0.15, 0.2) is 0 Å². The van der Waals surface area contributed by atoms with Crippen LogP contribution in [0.25, 0.3) is 0 Å². The summed E-state index contributed by atoms with van der Waals surface area (Å²) in [4.78, 5) is 14.2. The van der Waals surface area contributed by atoms with Crippen LogP contribution in [-0.4, -0.2) is 58.5 Å². The first-order valence-electron chi connectivity index (χ1n) is 11.4. The standard InChI is InChI=1S/C22H41NO4/c1-2-3-4-5-6-7-8-9-10-11-12-15-20(25)27-19-14-13-16-23-17-18(24)22(26)21(19)23/h18-19,21-22,24,26H,2-17H2,1H3/t18-,19-,21-,22-/m1/s1. The molecule has 2 aliphatic rings. The van der Waals surface area contributed by atoms with Crippen molar-refractivity contribution in [1.82, 2.24) is 4.90 Å². The molecule has 27 heavy (non-hydrogen) atoms. The monoisotopic (exact) mass is 383 g/mol. The van der Waals surface area contributed by atoms with E-state index in [0.29, 0.717) is 13.0 Å². The first-order valence-corrected chi connectivity index (χ1v) is 11.4. The van der Waals surface area contributed by atoms with Crippen molar-refractivity contribution in [3.63, 3.8) is 0 Å². The predicted molar refractivity (Wildman–Crippen MR) is 108 cm³/mol. The summed E-state index contributed by atoms with van der Waals surface area (Å²) in [5.74, 6) is -0.147. The quantitative estimate of drug-likeness (QED) is 0.374. The second-order valence-corrected chi connectivity index (χ2v) is 8.50. The van der Waals surface area contributed by atoms with Gasteiger partial charge in [0.05, 0.1) is 12.1 Å². The Balaban J connectivity index is 1.49. The molecule has 2 heterocycles. The van der Waals surface area contributed by atoms with Crippen LogP contribution in [0.3, 0.4) is 0 Å². The lowest BCUT2D eigenvalue weighted by atomic mass is 9.96. The van der Waals surface area contributed by atoms with Gasteiger partial charge in [-0.25, -0.2) is 0 Å². The van der Waals surface area contributed by atoms with Crippen molar-refractivity contribution >= 4 is 5.97 Å². The van der Waals surface area contributed by atoms with Gasteiger partial charge in [-0.3, -0.25) is 9.69 Å². The highest BCUT2D eigenvalue weighted by Gasteiger charge is 2.47. The second kappa shape index (κ2) is 12.7. The topological polar surface area (TPSA) is 70.0 Å². The lowest BCUT2D eigenvalue weighted by Crippen LogP contribution is -2.50. The van der Waals surface area contributed by atoms with Crippen LogP contribution in [-0.2, 0) is 9.53 Å². The van der Waals surface area contributed by atoms with Gasteiger partial charge in [0.1, 0.15) is 12.2 Å². The van der Waals surface area contributed by atoms with Crippen molar-refractivity contribution in [2.75, 3.05) is 13.1 Å². The minimum atomic E-state index is -0.801. The van der Waals surface area contributed by atoms with E-state index in [1.165, 1.54) is 57.8 Å². The van der Waals surface area contributed by atoms with E-state index < -0.39 is 12.2 Å². The predicted octanol–water partition coefficient (Wildman–Crippen LogP) is 3.80. The van der Waals surface area contributed by atoms with Crippen LogP contribution in [0.15, 0.2) is 0 Å². The number of nitrogens with zero attached hydrogens (tertiary/aromatic N) is 1. The first kappa shape index (κ1) is 22.6. The molecular weight excluding hydrogens is 342 g/mol. The number of aliphatic hydroxyl groups is 2. The van der Waals surface area contributed by atoms with Gasteiger partial charge >= 0.3 is 5.97 Å². The molecular formula is C22H41NO4. The van der Waals surface area contributed by atoms with E-state index >= 15 is 0 Å². The summed E-state index contributed by atoms with van der Waals surface area (Å²) >= 11 is 0. The summed E-state index contributed by atoms with van der Waals surface area (Å²) in [5, 5.41) is 20.0. The highest BCUT2D eigenvalue weighted by atomic mass is 16.5. The fraction of sp³-hybridized carbons (Fsp3) is 0.955. The fourth-order valence-corrected chi connectivity index (χ4v) is 4.57. The lowest BCUT2D eigenvalue weighted by Gasteiger charge is -2.37. The number of unbranched alkanes of at least 4 members (excludes halogenated alkanes) is 10. The largest absolute Gasteiger partial charge is 0.461 e. The molecule has 0 radical (unpaired) electrons. The molecule has 2 saturated heterocycles. The summed E-state index contributed by atoms with van der Waals surface area (Å²) in [6.45, 7) is 3.60. The summed E-state index contributed by atoms with van der Waals surface area (Å²) in [6.07, 6.45) is 14.3. The van der Waals surface area contributed by atoms with Gasteiger partial charge in [-0.1, -0.05) is 71.1 Å². The summed E-state index contributed by atoms with van der Waals surface area (Å²) in [6, 6.07) is -0.227. The molecule has 0 aromatic carbocycles. The average Bonchev–Trinajstić information content (AvgIpc) is 2.95. The molecule has 0 aromatic heterocycles. The van der Waals surface area contributed by atoms with Crippen LogP contribution < -0.4 is 0 Å². The molecule has 5 heteroatoms. The SMILES string of the molecule is CCCCCCCCCCCCCC(=O)O[C@@H]1CCCN2C[C@@H](O)[C@@H](O)[C@@H]12. The molecule has 5 nitrogen and oxygen atoms in total. The molecule has 158 valence electrons. The van der Waals surface area contributed by atoms with Gasteiger partial charge < -0.3 is 14.9 Å². The fourth-order valence-electron chi connectivity index (χ4n) is 4.57. The van der Waals surface area contributed by atoms with Crippen molar-refractivity contribution in [1.29, 1.82) is 0 Å². The number of hydrogen-bond donors (Lipinski definition) is 2. The van der Waals surface area contributed by atoms with Crippen molar-refractivity contribution in [3.05, 3.63) is 0 Å². The van der Waals surface area contributed by atoms with Crippen LogP contribution in [0.5, 0.6) is 0 Å². The minimum absolute atomic E-state index is 0.147. The number of fused-ring (bicyclic) bond motifs is 1. The molecule has 2 fully saturated rings. The minimum Gasteiger partial charge on any atom is -0.461 e. The number of carbonyl (C=O) groups excluding carboxylic acids is 1. The molecule has 0 aromatic rings. The summed E-state index contributed by atoms with van der Waals surface area (Å²) < 4.78 is 5.66. The number of hydrogen-bond acceptors (Lipinski definition) is 5. The van der Waals surface area contributed by atoms with E-state index in [2.05, 4.69) is 11.8 Å². The van der Waals surface area contributed by atoms with Crippen molar-refractivity contribution < 1.29 is 19.7 Å². The summed E-state index contributed by atoms with van der Waals surface area (Å²) in [7, 11) is 0. The summed E-state index contributed by atoms with van der Waals surface area (Å²) in [5.41, 5.74) is 0. The van der Waals surface area contributed by atoms with Gasteiger partial charge in [-0.2, -0.15) is 0 Å². The Labute approximate surface area is 165 Å². The second-order valence-electron chi connectivity index (χ2n) is 8.50. The number of carbonyl (C=O) groups is 1. The Morgan fingerprint density at radius 2 is 1.56 bits per heavy atom. The maximum atomic E-state index is 12.2. The third kappa shape index (κ3) is 7.71. The molecule has 2 aliphatic heterocycles. The molecule has 0 aliphatic carbocycles.